The van der Waals surface area contributed by atoms with Crippen LogP contribution in [0.1, 0.15) is 49.1 Å². The molecule has 1 aliphatic heterocycles. The molecule has 1 aliphatic carbocycles. The van der Waals surface area contributed by atoms with Gasteiger partial charge in [0.15, 0.2) is 0 Å². The molecule has 0 unspecified atom stereocenters. The third kappa shape index (κ3) is 4.75. The molecule has 0 spiro atoms. The zero-order chi connectivity index (χ0) is 18.5. The summed E-state index contributed by atoms with van der Waals surface area (Å²) in [5.41, 5.74) is 2.96. The number of carbonyl (C=O) groups is 2. The SMILES string of the molecule is Cc1ncsc1CCCNC(=O)N(C)C[C@@H]1CC(=O)N(C2CCCC2)C1. The first-order valence-electron chi connectivity index (χ1n) is 9.72. The van der Waals surface area contributed by atoms with Crippen LogP contribution in [0.15, 0.2) is 5.51 Å². The summed E-state index contributed by atoms with van der Waals surface area (Å²) >= 11 is 1.68. The van der Waals surface area contributed by atoms with Crippen molar-refractivity contribution < 1.29 is 9.59 Å². The van der Waals surface area contributed by atoms with Crippen LogP contribution in [0.5, 0.6) is 0 Å². The third-order valence-corrected chi connectivity index (χ3v) is 6.58. The predicted octanol–water partition coefficient (Wildman–Crippen LogP) is 2.82. The Kier molecular flexibility index (Phi) is 6.51. The fourth-order valence-corrected chi connectivity index (χ4v) is 4.94. The number of aromatic nitrogens is 1. The van der Waals surface area contributed by atoms with Gasteiger partial charge in [-0.05, 0) is 32.6 Å². The van der Waals surface area contributed by atoms with E-state index in [9.17, 15) is 9.59 Å². The molecule has 26 heavy (non-hydrogen) atoms. The van der Waals surface area contributed by atoms with Crippen LogP contribution in [0.4, 0.5) is 4.79 Å². The molecular weight excluding hydrogens is 348 g/mol. The normalized spacial score (nSPS) is 20.8. The number of nitrogens with one attached hydrogen (secondary N) is 1. The van der Waals surface area contributed by atoms with Crippen molar-refractivity contribution in [1.82, 2.24) is 20.1 Å². The first-order chi connectivity index (χ1) is 12.5. The van der Waals surface area contributed by atoms with Crippen LogP contribution in [-0.4, -0.2) is 59.4 Å². The van der Waals surface area contributed by atoms with Gasteiger partial charge in [0, 0.05) is 49.9 Å². The lowest BCUT2D eigenvalue weighted by molar-refractivity contribution is -0.129. The van der Waals surface area contributed by atoms with Crippen molar-refractivity contribution in [2.45, 2.75) is 57.9 Å². The highest BCUT2D eigenvalue weighted by Gasteiger charge is 2.36. The third-order valence-electron chi connectivity index (χ3n) is 5.58. The van der Waals surface area contributed by atoms with Crippen molar-refractivity contribution in [2.24, 2.45) is 5.92 Å². The van der Waals surface area contributed by atoms with Crippen LogP contribution in [0.2, 0.25) is 0 Å². The van der Waals surface area contributed by atoms with Crippen LogP contribution in [-0.2, 0) is 11.2 Å². The zero-order valence-electron chi connectivity index (χ0n) is 15.9. The summed E-state index contributed by atoms with van der Waals surface area (Å²) < 4.78 is 0. The zero-order valence-corrected chi connectivity index (χ0v) is 16.7. The molecule has 3 amide bonds. The number of urea groups is 1. The van der Waals surface area contributed by atoms with E-state index in [0.29, 0.717) is 25.6 Å². The van der Waals surface area contributed by atoms with Gasteiger partial charge in [0.05, 0.1) is 11.2 Å². The molecule has 0 radical (unpaired) electrons. The fraction of sp³-hybridized carbons (Fsp3) is 0.737. The quantitative estimate of drug-likeness (QED) is 0.742. The number of thiazole rings is 1. The molecule has 7 heteroatoms. The van der Waals surface area contributed by atoms with E-state index >= 15 is 0 Å². The molecule has 1 saturated carbocycles. The average molecular weight is 379 g/mol. The van der Waals surface area contributed by atoms with E-state index in [0.717, 1.165) is 37.9 Å². The van der Waals surface area contributed by atoms with Gasteiger partial charge >= 0.3 is 6.03 Å². The molecule has 1 aromatic heterocycles. The summed E-state index contributed by atoms with van der Waals surface area (Å²) in [4.78, 5) is 33.9. The van der Waals surface area contributed by atoms with Crippen molar-refractivity contribution in [3.05, 3.63) is 16.1 Å². The molecule has 2 heterocycles. The Hall–Kier alpha value is -1.63. The van der Waals surface area contributed by atoms with Crippen molar-refractivity contribution in [1.29, 1.82) is 0 Å². The summed E-state index contributed by atoms with van der Waals surface area (Å²) in [6.45, 7) is 4.15. The monoisotopic (exact) mass is 378 g/mol. The molecule has 0 aromatic carbocycles. The first-order valence-corrected chi connectivity index (χ1v) is 10.6. The fourth-order valence-electron chi connectivity index (χ4n) is 4.12. The Morgan fingerprint density at radius 3 is 2.88 bits per heavy atom. The summed E-state index contributed by atoms with van der Waals surface area (Å²) in [7, 11) is 1.82. The number of hydrogen-bond acceptors (Lipinski definition) is 4. The van der Waals surface area contributed by atoms with Crippen molar-refractivity contribution in [3.63, 3.8) is 0 Å². The van der Waals surface area contributed by atoms with Gasteiger partial charge in [-0.3, -0.25) is 4.79 Å². The number of amides is 3. The molecule has 6 nitrogen and oxygen atoms in total. The minimum atomic E-state index is -0.0437. The Balaban J connectivity index is 1.36. The molecular formula is C19H30N4O2S. The second kappa shape index (κ2) is 8.84. The second-order valence-corrected chi connectivity index (χ2v) is 8.57. The molecule has 1 aromatic rings. The van der Waals surface area contributed by atoms with Crippen molar-refractivity contribution >= 4 is 23.3 Å². The van der Waals surface area contributed by atoms with Crippen LogP contribution in [0.3, 0.4) is 0 Å². The van der Waals surface area contributed by atoms with Crippen LogP contribution in [0.25, 0.3) is 0 Å². The van der Waals surface area contributed by atoms with Gasteiger partial charge in [0.1, 0.15) is 0 Å². The molecule has 1 saturated heterocycles. The van der Waals surface area contributed by atoms with E-state index in [1.807, 2.05) is 19.5 Å². The summed E-state index contributed by atoms with van der Waals surface area (Å²) in [6, 6.07) is 0.402. The minimum Gasteiger partial charge on any atom is -0.339 e. The maximum absolute atomic E-state index is 12.3. The number of carbonyl (C=O) groups excluding carboxylic acids is 2. The summed E-state index contributed by atoms with van der Waals surface area (Å²) in [5, 5.41) is 2.99. The van der Waals surface area contributed by atoms with E-state index in [1.165, 1.54) is 17.7 Å². The molecule has 2 aliphatic rings. The van der Waals surface area contributed by atoms with Crippen LogP contribution < -0.4 is 5.32 Å². The topological polar surface area (TPSA) is 65.5 Å². The Morgan fingerprint density at radius 1 is 1.42 bits per heavy atom. The summed E-state index contributed by atoms with van der Waals surface area (Å²) in [5.74, 6) is 0.536. The predicted molar refractivity (Wildman–Crippen MR) is 103 cm³/mol. The van der Waals surface area contributed by atoms with Crippen LogP contribution in [0, 0.1) is 12.8 Å². The van der Waals surface area contributed by atoms with Gasteiger partial charge in [-0.1, -0.05) is 12.8 Å². The van der Waals surface area contributed by atoms with Crippen LogP contribution >= 0.6 is 11.3 Å². The van der Waals surface area contributed by atoms with Crippen molar-refractivity contribution in [3.8, 4) is 0 Å². The van der Waals surface area contributed by atoms with Gasteiger partial charge < -0.3 is 15.1 Å². The number of rotatable bonds is 7. The lowest BCUT2D eigenvalue weighted by Crippen LogP contribution is -2.41. The van der Waals surface area contributed by atoms with E-state index in [4.69, 9.17) is 0 Å². The molecule has 1 N–H and O–H groups in total. The molecule has 0 bridgehead atoms. The number of hydrogen-bond donors (Lipinski definition) is 1. The van der Waals surface area contributed by atoms with Gasteiger partial charge in [0.2, 0.25) is 5.91 Å². The maximum atomic E-state index is 12.3. The molecule has 2 fully saturated rings. The van der Waals surface area contributed by atoms with Crippen molar-refractivity contribution in [2.75, 3.05) is 26.7 Å². The highest BCUT2D eigenvalue weighted by molar-refractivity contribution is 7.09. The minimum absolute atomic E-state index is 0.0437. The smallest absolute Gasteiger partial charge is 0.317 e. The Bertz CT molecular complexity index is 627. The largest absolute Gasteiger partial charge is 0.339 e. The van der Waals surface area contributed by atoms with E-state index in [-0.39, 0.29) is 17.9 Å². The average Bonchev–Trinajstić information content (AvgIpc) is 3.33. The number of aryl methyl sites for hydroxylation is 2. The standard InChI is InChI=1S/C19H30N4O2S/c1-14-17(26-13-21-14)8-5-9-20-19(25)22(2)11-15-10-18(24)23(12-15)16-6-3-4-7-16/h13,15-16H,3-12H2,1-2H3,(H,20,25)/t15-/m0/s1. The lowest BCUT2D eigenvalue weighted by Gasteiger charge is -2.25. The molecule has 3 rings (SSSR count). The number of nitrogens with zero attached hydrogens (tertiary/aromatic N) is 3. The van der Waals surface area contributed by atoms with E-state index in [1.54, 1.807) is 16.2 Å². The van der Waals surface area contributed by atoms with E-state index in [2.05, 4.69) is 15.2 Å². The van der Waals surface area contributed by atoms with Gasteiger partial charge in [-0.25, -0.2) is 9.78 Å². The Morgan fingerprint density at radius 2 is 2.19 bits per heavy atom. The lowest BCUT2D eigenvalue weighted by atomic mass is 10.1. The second-order valence-electron chi connectivity index (χ2n) is 7.63. The first kappa shape index (κ1) is 19.1. The Labute approximate surface area is 160 Å². The summed E-state index contributed by atoms with van der Waals surface area (Å²) in [6.07, 6.45) is 7.22. The van der Waals surface area contributed by atoms with E-state index < -0.39 is 0 Å². The maximum Gasteiger partial charge on any atom is 0.317 e. The van der Waals surface area contributed by atoms with Gasteiger partial charge in [0.25, 0.3) is 0 Å². The molecule has 144 valence electrons. The molecule has 1 atom stereocenters. The highest BCUT2D eigenvalue weighted by Crippen LogP contribution is 2.29. The van der Waals surface area contributed by atoms with Gasteiger partial charge in [-0.15, -0.1) is 11.3 Å². The number of likely N-dealkylation sites (tertiary alicyclic amines) is 1. The van der Waals surface area contributed by atoms with Gasteiger partial charge in [-0.2, -0.15) is 0 Å². The highest BCUT2D eigenvalue weighted by atomic mass is 32.1.